The molecule has 3 fully saturated rings. The number of methoxy groups -OCH3 is 2. The number of fused-ring (bicyclic) bond motifs is 1. The predicted octanol–water partition coefficient (Wildman–Crippen LogP) is 2.57. The Hall–Kier alpha value is -1.22. The van der Waals surface area contributed by atoms with E-state index in [0.717, 1.165) is 25.7 Å². The van der Waals surface area contributed by atoms with E-state index in [9.17, 15) is 9.59 Å². The summed E-state index contributed by atoms with van der Waals surface area (Å²) in [6.07, 6.45) is 3.04. The van der Waals surface area contributed by atoms with Crippen LogP contribution in [-0.4, -0.2) is 62.7 Å². The Morgan fingerprint density at radius 1 is 0.966 bits per heavy atom. The zero-order valence-corrected chi connectivity index (χ0v) is 18.3. The van der Waals surface area contributed by atoms with Crippen LogP contribution in [-0.2, 0) is 38.0 Å². The highest BCUT2D eigenvalue weighted by atomic mass is 16.8. The van der Waals surface area contributed by atoms with Crippen molar-refractivity contribution < 1.29 is 38.0 Å². The summed E-state index contributed by atoms with van der Waals surface area (Å²) in [7, 11) is 3.08. The molecule has 1 spiro atoms. The molecule has 29 heavy (non-hydrogen) atoms. The van der Waals surface area contributed by atoms with Crippen LogP contribution in [0.5, 0.6) is 0 Å². The second-order valence-corrected chi connectivity index (χ2v) is 8.74. The Balaban J connectivity index is 2.00. The smallest absolute Gasteiger partial charge is 0.303 e. The first-order valence-electron chi connectivity index (χ1n) is 10.4. The lowest BCUT2D eigenvalue weighted by atomic mass is 9.61. The molecule has 0 N–H and O–H groups in total. The molecule has 0 radical (unpaired) electrons. The van der Waals surface area contributed by atoms with Crippen molar-refractivity contribution in [2.45, 2.75) is 89.7 Å². The highest BCUT2D eigenvalue weighted by Crippen LogP contribution is 2.57. The molecule has 0 aromatic rings. The summed E-state index contributed by atoms with van der Waals surface area (Å²) in [4.78, 5) is 23.6. The quantitative estimate of drug-likeness (QED) is 0.634. The van der Waals surface area contributed by atoms with Gasteiger partial charge in [-0.15, -0.1) is 0 Å². The van der Waals surface area contributed by atoms with Gasteiger partial charge in [-0.3, -0.25) is 9.59 Å². The first-order chi connectivity index (χ1) is 13.6. The average Bonchev–Trinajstić information content (AvgIpc) is 3.15. The monoisotopic (exact) mass is 414 g/mol. The standard InChI is InChI=1S/C21H34O8/c1-13(22)26-12-15-11-16-17(29-20(4,25-6)19(3,24-5)28-16)18(27-14(2)23)21(15)9-7-8-10-21/h15-18H,7-12H2,1-6H3/t15-,16-,17+,18-,19+,20+/m1/s1. The fourth-order valence-electron chi connectivity index (χ4n) is 5.43. The summed E-state index contributed by atoms with van der Waals surface area (Å²) in [6.45, 7) is 6.62. The number of carbonyl (C=O) groups excluding carboxylic acids is 2. The SMILES string of the molecule is CO[C@@]1(C)O[C@@H]2[C@@H](OC(C)=O)C3(CCCC3)[C@@H](COC(C)=O)C[C@H]2O[C@]1(C)OC. The summed E-state index contributed by atoms with van der Waals surface area (Å²) >= 11 is 0. The second kappa shape index (κ2) is 8.13. The Labute approximate surface area is 172 Å². The van der Waals surface area contributed by atoms with Crippen molar-refractivity contribution in [1.82, 2.24) is 0 Å². The highest BCUT2D eigenvalue weighted by molar-refractivity contribution is 5.66. The van der Waals surface area contributed by atoms with Crippen LogP contribution in [0, 0.1) is 11.3 Å². The molecule has 8 heteroatoms. The molecule has 0 unspecified atom stereocenters. The van der Waals surface area contributed by atoms with Crippen LogP contribution in [0.3, 0.4) is 0 Å². The fraction of sp³-hybridized carbons (Fsp3) is 0.905. The van der Waals surface area contributed by atoms with Gasteiger partial charge in [0.2, 0.25) is 11.6 Å². The maximum absolute atomic E-state index is 12.1. The first-order valence-corrected chi connectivity index (χ1v) is 10.4. The molecule has 2 aliphatic carbocycles. The minimum absolute atomic E-state index is 0.00360. The third-order valence-electron chi connectivity index (χ3n) is 7.22. The van der Waals surface area contributed by atoms with Crippen LogP contribution in [0.25, 0.3) is 0 Å². The summed E-state index contributed by atoms with van der Waals surface area (Å²) in [5.41, 5.74) is -0.318. The highest BCUT2D eigenvalue weighted by Gasteiger charge is 2.66. The zero-order valence-electron chi connectivity index (χ0n) is 18.3. The van der Waals surface area contributed by atoms with Crippen LogP contribution in [0.4, 0.5) is 0 Å². The maximum atomic E-state index is 12.1. The van der Waals surface area contributed by atoms with Gasteiger partial charge in [0.1, 0.15) is 12.2 Å². The summed E-state index contributed by atoms with van der Waals surface area (Å²) < 4.78 is 35.4. The number of esters is 2. The molecule has 166 valence electrons. The molecule has 0 amide bonds. The molecular formula is C21H34O8. The van der Waals surface area contributed by atoms with Gasteiger partial charge in [-0.2, -0.15) is 0 Å². The first kappa shape index (κ1) is 22.5. The van der Waals surface area contributed by atoms with Gasteiger partial charge in [0.25, 0.3) is 0 Å². The molecule has 0 aromatic carbocycles. The van der Waals surface area contributed by atoms with E-state index in [-0.39, 0.29) is 36.0 Å². The van der Waals surface area contributed by atoms with Gasteiger partial charge in [0, 0.05) is 39.4 Å². The Morgan fingerprint density at radius 2 is 1.55 bits per heavy atom. The lowest BCUT2D eigenvalue weighted by molar-refractivity contribution is -0.464. The fourth-order valence-corrected chi connectivity index (χ4v) is 5.43. The number of hydrogen-bond donors (Lipinski definition) is 0. The lowest BCUT2D eigenvalue weighted by Crippen LogP contribution is -2.71. The van der Waals surface area contributed by atoms with E-state index in [1.165, 1.54) is 13.8 Å². The minimum atomic E-state index is -1.18. The van der Waals surface area contributed by atoms with E-state index in [4.69, 9.17) is 28.4 Å². The Morgan fingerprint density at radius 3 is 2.07 bits per heavy atom. The van der Waals surface area contributed by atoms with Gasteiger partial charge in [-0.25, -0.2) is 0 Å². The van der Waals surface area contributed by atoms with Crippen molar-refractivity contribution in [3.05, 3.63) is 0 Å². The number of carbonyl (C=O) groups is 2. The summed E-state index contributed by atoms with van der Waals surface area (Å²) in [5, 5.41) is 0. The van der Waals surface area contributed by atoms with Crippen LogP contribution in [0.1, 0.15) is 59.8 Å². The van der Waals surface area contributed by atoms with Crippen molar-refractivity contribution in [2.75, 3.05) is 20.8 Å². The summed E-state index contributed by atoms with van der Waals surface area (Å²) in [5.74, 6) is -3.01. The van der Waals surface area contributed by atoms with E-state index >= 15 is 0 Å². The molecule has 1 saturated heterocycles. The minimum Gasteiger partial charge on any atom is -0.466 e. The lowest BCUT2D eigenvalue weighted by Gasteiger charge is -2.59. The molecular weight excluding hydrogens is 380 g/mol. The van der Waals surface area contributed by atoms with Crippen molar-refractivity contribution in [3.63, 3.8) is 0 Å². The van der Waals surface area contributed by atoms with Gasteiger partial charge in [0.15, 0.2) is 0 Å². The predicted molar refractivity (Wildman–Crippen MR) is 102 cm³/mol. The van der Waals surface area contributed by atoms with Gasteiger partial charge in [0.05, 0.1) is 12.7 Å². The molecule has 6 atom stereocenters. The number of hydrogen-bond acceptors (Lipinski definition) is 8. The van der Waals surface area contributed by atoms with Crippen LogP contribution >= 0.6 is 0 Å². The largest absolute Gasteiger partial charge is 0.466 e. The average molecular weight is 414 g/mol. The molecule has 0 bridgehead atoms. The molecule has 3 rings (SSSR count). The van der Waals surface area contributed by atoms with Gasteiger partial charge in [-0.1, -0.05) is 12.8 Å². The topological polar surface area (TPSA) is 89.5 Å². The third kappa shape index (κ3) is 3.80. The maximum Gasteiger partial charge on any atom is 0.303 e. The van der Waals surface area contributed by atoms with Crippen LogP contribution in [0.2, 0.25) is 0 Å². The van der Waals surface area contributed by atoms with Crippen LogP contribution < -0.4 is 0 Å². The molecule has 1 aliphatic heterocycles. The van der Waals surface area contributed by atoms with Crippen molar-refractivity contribution >= 4 is 11.9 Å². The van der Waals surface area contributed by atoms with E-state index in [1.807, 2.05) is 0 Å². The van der Waals surface area contributed by atoms with Crippen LogP contribution in [0.15, 0.2) is 0 Å². The molecule has 1 heterocycles. The summed E-state index contributed by atoms with van der Waals surface area (Å²) in [6, 6.07) is 0. The van der Waals surface area contributed by atoms with E-state index < -0.39 is 23.8 Å². The molecule has 3 aliphatic rings. The van der Waals surface area contributed by atoms with Gasteiger partial charge in [-0.05, 0) is 33.1 Å². The normalized spacial score (nSPS) is 41.0. The second-order valence-electron chi connectivity index (χ2n) is 8.74. The zero-order chi connectivity index (χ0) is 21.4. The number of rotatable bonds is 5. The Kier molecular flexibility index (Phi) is 6.30. The third-order valence-corrected chi connectivity index (χ3v) is 7.22. The molecule has 2 saturated carbocycles. The van der Waals surface area contributed by atoms with E-state index in [1.54, 1.807) is 28.1 Å². The van der Waals surface area contributed by atoms with E-state index in [0.29, 0.717) is 6.42 Å². The van der Waals surface area contributed by atoms with Gasteiger partial charge >= 0.3 is 11.9 Å². The van der Waals surface area contributed by atoms with E-state index in [2.05, 4.69) is 0 Å². The molecule has 0 aromatic heterocycles. The van der Waals surface area contributed by atoms with Crippen molar-refractivity contribution in [1.29, 1.82) is 0 Å². The van der Waals surface area contributed by atoms with Crippen molar-refractivity contribution in [2.24, 2.45) is 11.3 Å². The van der Waals surface area contributed by atoms with Gasteiger partial charge < -0.3 is 28.4 Å². The Bertz CT molecular complexity index is 630. The number of ether oxygens (including phenoxy) is 6. The van der Waals surface area contributed by atoms with Crippen molar-refractivity contribution in [3.8, 4) is 0 Å². The molecule has 8 nitrogen and oxygen atoms in total.